The van der Waals surface area contributed by atoms with E-state index in [0.717, 1.165) is 16.3 Å². The zero-order valence-electron chi connectivity index (χ0n) is 19.5. The van der Waals surface area contributed by atoms with Gasteiger partial charge < -0.3 is 4.40 Å². The van der Waals surface area contributed by atoms with Gasteiger partial charge in [-0.3, -0.25) is 0 Å². The van der Waals surface area contributed by atoms with Gasteiger partial charge in [0.2, 0.25) is 5.52 Å². The van der Waals surface area contributed by atoms with Crippen LogP contribution in [0.1, 0.15) is 54.7 Å². The van der Waals surface area contributed by atoms with Crippen LogP contribution in [0, 0.1) is 19.7 Å². The summed E-state index contributed by atoms with van der Waals surface area (Å²) < 4.78 is 19.1. The van der Waals surface area contributed by atoms with E-state index in [0.29, 0.717) is 5.92 Å². The molecule has 6 aromatic rings. The first kappa shape index (κ1) is 19.3. The van der Waals surface area contributed by atoms with Crippen molar-refractivity contribution in [2.45, 2.75) is 51.9 Å². The summed E-state index contributed by atoms with van der Waals surface area (Å²) in [6, 6.07) is 14.7. The minimum absolute atomic E-state index is 0.176. The van der Waals surface area contributed by atoms with Gasteiger partial charge in [0, 0.05) is 16.8 Å². The summed E-state index contributed by atoms with van der Waals surface area (Å²) in [6.07, 6.45) is 8.77. The van der Waals surface area contributed by atoms with Crippen LogP contribution in [0.2, 0.25) is 0 Å². The van der Waals surface area contributed by atoms with E-state index in [-0.39, 0.29) is 5.82 Å². The molecule has 0 spiro atoms. The maximum Gasteiger partial charge on any atom is 0.224 e. The molecule has 0 aliphatic heterocycles. The third-order valence-corrected chi connectivity index (χ3v) is 8.32. The molecule has 0 saturated heterocycles. The van der Waals surface area contributed by atoms with Crippen molar-refractivity contribution in [2.24, 2.45) is 7.05 Å². The summed E-state index contributed by atoms with van der Waals surface area (Å²) in [5, 5.41) is 6.05. The van der Waals surface area contributed by atoms with Crippen LogP contribution in [-0.4, -0.2) is 4.40 Å². The highest BCUT2D eigenvalue weighted by Gasteiger charge is 2.26. The first-order chi connectivity index (χ1) is 16.0. The monoisotopic (exact) mass is 435 g/mol. The SMILES string of the molecule is Cc1cc2c3cc(F)ccc3n3c4cc(C5CCCCC5)cc5cc[n+](C)c(c(c1C)c23)c54. The third kappa shape index (κ3) is 2.51. The van der Waals surface area contributed by atoms with Gasteiger partial charge in [-0.2, -0.15) is 0 Å². The molecule has 0 bridgehead atoms. The topological polar surface area (TPSA) is 8.29 Å². The molecule has 2 nitrogen and oxygen atoms in total. The Labute approximate surface area is 192 Å². The van der Waals surface area contributed by atoms with E-state index in [1.165, 1.54) is 81.5 Å². The van der Waals surface area contributed by atoms with Crippen molar-refractivity contribution in [2.75, 3.05) is 0 Å². The molecule has 3 heteroatoms. The molecule has 1 saturated carbocycles. The van der Waals surface area contributed by atoms with Gasteiger partial charge in [0.05, 0.1) is 27.3 Å². The van der Waals surface area contributed by atoms with Crippen LogP contribution in [0.25, 0.3) is 49.0 Å². The Balaban J connectivity index is 1.79. The molecule has 164 valence electrons. The van der Waals surface area contributed by atoms with Crippen molar-refractivity contribution in [3.8, 4) is 0 Å². The zero-order valence-corrected chi connectivity index (χ0v) is 19.5. The van der Waals surface area contributed by atoms with Crippen molar-refractivity contribution in [3.63, 3.8) is 0 Å². The largest absolute Gasteiger partial charge is 0.307 e. The molecule has 33 heavy (non-hydrogen) atoms. The van der Waals surface area contributed by atoms with Crippen LogP contribution in [0.15, 0.2) is 48.7 Å². The smallest absolute Gasteiger partial charge is 0.224 e. The number of halogens is 1. The second kappa shape index (κ2) is 6.66. The molecular weight excluding hydrogens is 407 g/mol. The highest BCUT2D eigenvalue weighted by atomic mass is 19.1. The zero-order chi connectivity index (χ0) is 22.4. The first-order valence-electron chi connectivity index (χ1n) is 12.2. The van der Waals surface area contributed by atoms with Gasteiger partial charge >= 0.3 is 0 Å². The number of rotatable bonds is 1. The number of nitrogens with zero attached hydrogens (tertiary/aromatic N) is 2. The molecule has 0 radical (unpaired) electrons. The van der Waals surface area contributed by atoms with E-state index in [1.54, 1.807) is 12.1 Å². The fourth-order valence-corrected chi connectivity index (χ4v) is 6.57. The van der Waals surface area contributed by atoms with Crippen LogP contribution in [-0.2, 0) is 7.05 Å². The highest BCUT2D eigenvalue weighted by Crippen LogP contribution is 2.43. The van der Waals surface area contributed by atoms with Crippen molar-refractivity contribution >= 4 is 49.0 Å². The van der Waals surface area contributed by atoms with E-state index in [2.05, 4.69) is 60.3 Å². The van der Waals surface area contributed by atoms with Crippen molar-refractivity contribution in [1.82, 2.24) is 4.40 Å². The van der Waals surface area contributed by atoms with E-state index >= 15 is 0 Å². The Morgan fingerprint density at radius 1 is 0.879 bits per heavy atom. The molecule has 3 aromatic heterocycles. The third-order valence-electron chi connectivity index (χ3n) is 8.32. The number of hydrogen-bond donors (Lipinski definition) is 0. The first-order valence-corrected chi connectivity index (χ1v) is 12.2. The maximum absolute atomic E-state index is 14.4. The quantitative estimate of drug-likeness (QED) is 0.143. The van der Waals surface area contributed by atoms with Crippen molar-refractivity contribution in [3.05, 3.63) is 71.2 Å². The fourth-order valence-electron chi connectivity index (χ4n) is 6.57. The van der Waals surface area contributed by atoms with Gasteiger partial charge in [-0.25, -0.2) is 8.96 Å². The summed E-state index contributed by atoms with van der Waals surface area (Å²) in [7, 11) is 2.15. The summed E-state index contributed by atoms with van der Waals surface area (Å²) in [6.45, 7) is 4.41. The van der Waals surface area contributed by atoms with Gasteiger partial charge in [-0.15, -0.1) is 0 Å². The normalized spacial score (nSPS) is 15.8. The second-order valence-electron chi connectivity index (χ2n) is 10.2. The molecule has 1 aliphatic rings. The Bertz CT molecular complexity index is 1730. The lowest BCUT2D eigenvalue weighted by molar-refractivity contribution is -0.643. The fraction of sp³-hybridized carbons (Fsp3) is 0.300. The Hall–Kier alpha value is -3.20. The molecule has 3 heterocycles. The molecular formula is C30H28FN2+. The van der Waals surface area contributed by atoms with E-state index < -0.39 is 0 Å². The molecule has 7 rings (SSSR count). The molecule has 0 amide bonds. The summed E-state index contributed by atoms with van der Waals surface area (Å²) in [4.78, 5) is 0. The van der Waals surface area contributed by atoms with Gasteiger partial charge in [-0.05, 0) is 85.0 Å². The lowest BCUT2D eigenvalue weighted by atomic mass is 9.83. The van der Waals surface area contributed by atoms with Gasteiger partial charge in [0.15, 0.2) is 6.20 Å². The van der Waals surface area contributed by atoms with Crippen LogP contribution >= 0.6 is 0 Å². The average Bonchev–Trinajstić information content (AvgIpc) is 3.14. The summed E-state index contributed by atoms with van der Waals surface area (Å²) in [5.41, 5.74) is 8.85. The van der Waals surface area contributed by atoms with Gasteiger partial charge in [0.25, 0.3) is 0 Å². The second-order valence-corrected chi connectivity index (χ2v) is 10.2. The number of aryl methyl sites for hydroxylation is 3. The van der Waals surface area contributed by atoms with Crippen molar-refractivity contribution in [1.29, 1.82) is 0 Å². The molecule has 0 atom stereocenters. The Kier molecular flexibility index (Phi) is 3.89. The number of fused-ring (bicyclic) bond motifs is 5. The standard InChI is InChI=1S/C30H28FN2/c1-17-13-24-23-16-22(31)9-10-25(23)33-26-15-21(19-7-5-4-6-8-19)14-20-11-12-32(3)30(28(20)26)27(18(17)2)29(24)33/h9-16,19H,4-8H2,1-3H3/q+1. The minimum atomic E-state index is -0.176. The van der Waals surface area contributed by atoms with Crippen LogP contribution in [0.4, 0.5) is 4.39 Å². The molecule has 0 N–H and O–H groups in total. The number of aromatic nitrogens is 2. The van der Waals surface area contributed by atoms with E-state index in [4.69, 9.17) is 0 Å². The summed E-state index contributed by atoms with van der Waals surface area (Å²) in [5.74, 6) is 0.456. The number of pyridine rings is 2. The van der Waals surface area contributed by atoms with E-state index in [1.807, 2.05) is 6.07 Å². The van der Waals surface area contributed by atoms with Gasteiger partial charge in [0.1, 0.15) is 12.9 Å². The maximum atomic E-state index is 14.4. The minimum Gasteiger partial charge on any atom is -0.307 e. The predicted octanol–water partition coefficient (Wildman–Crippen LogP) is 7.62. The van der Waals surface area contributed by atoms with Crippen LogP contribution in [0.5, 0.6) is 0 Å². The predicted molar refractivity (Wildman–Crippen MR) is 135 cm³/mol. The Morgan fingerprint density at radius 2 is 1.70 bits per heavy atom. The molecule has 0 unspecified atom stereocenters. The summed E-state index contributed by atoms with van der Waals surface area (Å²) >= 11 is 0. The molecule has 1 aliphatic carbocycles. The van der Waals surface area contributed by atoms with Crippen LogP contribution < -0.4 is 4.57 Å². The number of hydrogen-bond acceptors (Lipinski definition) is 0. The Morgan fingerprint density at radius 3 is 2.52 bits per heavy atom. The average molecular weight is 436 g/mol. The molecule has 3 aromatic carbocycles. The van der Waals surface area contributed by atoms with Crippen molar-refractivity contribution < 1.29 is 8.96 Å². The van der Waals surface area contributed by atoms with E-state index in [9.17, 15) is 4.39 Å². The number of benzene rings is 3. The highest BCUT2D eigenvalue weighted by molar-refractivity contribution is 6.26. The lowest BCUT2D eigenvalue weighted by Gasteiger charge is -2.23. The molecule has 1 fully saturated rings. The van der Waals surface area contributed by atoms with Crippen LogP contribution in [0.3, 0.4) is 0 Å². The van der Waals surface area contributed by atoms with Gasteiger partial charge in [-0.1, -0.05) is 25.3 Å². The lowest BCUT2D eigenvalue weighted by Crippen LogP contribution is -2.29.